The predicted octanol–water partition coefficient (Wildman–Crippen LogP) is 2.04. The Labute approximate surface area is 167 Å². The van der Waals surface area contributed by atoms with Crippen molar-refractivity contribution in [1.82, 2.24) is 29.6 Å². The number of thioether (sulfide) groups is 1. The van der Waals surface area contributed by atoms with Gasteiger partial charge in [-0.1, -0.05) is 0 Å². The molecule has 9 heteroatoms. The van der Waals surface area contributed by atoms with E-state index >= 15 is 0 Å². The second-order valence-corrected chi connectivity index (χ2v) is 8.06. The number of hydrogen-bond acceptors (Lipinski definition) is 7. The molecule has 1 saturated heterocycles. The van der Waals surface area contributed by atoms with E-state index in [1.54, 1.807) is 6.33 Å². The third-order valence-corrected chi connectivity index (χ3v) is 6.17. The fraction of sp³-hybridized carbons (Fsp3) is 0.421. The average Bonchev–Trinajstić information content (AvgIpc) is 3.42. The molecule has 0 aliphatic carbocycles. The van der Waals surface area contributed by atoms with Crippen LogP contribution in [0.1, 0.15) is 5.56 Å². The Hall–Kier alpha value is -2.36. The van der Waals surface area contributed by atoms with E-state index in [2.05, 4.69) is 42.2 Å². The van der Waals surface area contributed by atoms with Crippen molar-refractivity contribution in [3.05, 3.63) is 42.7 Å². The first-order valence-corrected chi connectivity index (χ1v) is 10.6. The Morgan fingerprint density at radius 2 is 2.07 bits per heavy atom. The lowest BCUT2D eigenvalue weighted by molar-refractivity contribution is 0.0360. The van der Waals surface area contributed by atoms with Gasteiger partial charge in [-0.3, -0.25) is 9.58 Å². The van der Waals surface area contributed by atoms with Crippen LogP contribution in [0.5, 0.6) is 0 Å². The van der Waals surface area contributed by atoms with Gasteiger partial charge in [-0.25, -0.2) is 9.97 Å². The minimum absolute atomic E-state index is 0.834. The molecule has 0 bridgehead atoms. The van der Waals surface area contributed by atoms with E-state index < -0.39 is 0 Å². The van der Waals surface area contributed by atoms with Gasteiger partial charge in [-0.2, -0.15) is 5.10 Å². The lowest BCUT2D eigenvalue weighted by atomic mass is 10.3. The largest absolute Gasteiger partial charge is 0.379 e. The average molecular weight is 398 g/mol. The second kappa shape index (κ2) is 7.94. The molecule has 146 valence electrons. The molecule has 0 atom stereocenters. The zero-order valence-electron chi connectivity index (χ0n) is 15.6. The molecule has 0 radical (unpaired) electrons. The number of anilines is 1. The highest BCUT2D eigenvalue weighted by Crippen LogP contribution is 2.34. The number of nitrogens with one attached hydrogen (secondary N) is 1. The van der Waals surface area contributed by atoms with E-state index in [1.807, 2.05) is 34.9 Å². The molecule has 0 amide bonds. The van der Waals surface area contributed by atoms with Crippen LogP contribution in [-0.4, -0.2) is 74.8 Å². The maximum atomic E-state index is 5.41. The Kier molecular flexibility index (Phi) is 5.03. The molecule has 0 aromatic carbocycles. The molecule has 1 N–H and O–H groups in total. The topological polar surface area (TPSA) is 75.1 Å². The number of H-pyrrole nitrogens is 1. The number of morpholine rings is 1. The molecule has 5 rings (SSSR count). The third kappa shape index (κ3) is 3.65. The van der Waals surface area contributed by atoms with Crippen LogP contribution < -0.4 is 4.90 Å². The van der Waals surface area contributed by atoms with Crippen LogP contribution in [0.3, 0.4) is 0 Å². The Bertz CT molecular complexity index is 975. The maximum absolute atomic E-state index is 5.41. The molecular formula is C19H23N7OS. The maximum Gasteiger partial charge on any atom is 0.145 e. The minimum atomic E-state index is 0.834. The number of nitrogens with zero attached hydrogens (tertiary/aromatic N) is 6. The van der Waals surface area contributed by atoms with Gasteiger partial charge in [0.05, 0.1) is 31.3 Å². The number of aromatic amines is 1. The van der Waals surface area contributed by atoms with Gasteiger partial charge in [-0.15, -0.1) is 11.8 Å². The number of rotatable bonds is 5. The minimum Gasteiger partial charge on any atom is -0.379 e. The monoisotopic (exact) mass is 397 g/mol. The van der Waals surface area contributed by atoms with Gasteiger partial charge in [-0.05, 0) is 6.07 Å². The molecule has 1 fully saturated rings. The number of aromatic nitrogens is 5. The molecule has 0 unspecified atom stereocenters. The van der Waals surface area contributed by atoms with Crippen LogP contribution in [0.2, 0.25) is 0 Å². The van der Waals surface area contributed by atoms with Gasteiger partial charge in [0.1, 0.15) is 17.8 Å². The van der Waals surface area contributed by atoms with Crippen molar-refractivity contribution in [3.8, 4) is 0 Å². The zero-order valence-corrected chi connectivity index (χ0v) is 16.4. The van der Waals surface area contributed by atoms with Gasteiger partial charge in [0, 0.05) is 61.0 Å². The first kappa shape index (κ1) is 17.7. The van der Waals surface area contributed by atoms with E-state index in [9.17, 15) is 0 Å². The Morgan fingerprint density at radius 1 is 1.14 bits per heavy atom. The van der Waals surface area contributed by atoms with Gasteiger partial charge >= 0.3 is 0 Å². The lowest BCUT2D eigenvalue weighted by Gasteiger charge is -2.26. The highest BCUT2D eigenvalue weighted by Gasteiger charge is 2.18. The molecule has 3 aromatic heterocycles. The zero-order chi connectivity index (χ0) is 18.8. The van der Waals surface area contributed by atoms with Gasteiger partial charge in [0.2, 0.25) is 0 Å². The van der Waals surface area contributed by atoms with Crippen LogP contribution in [0.15, 0.2) is 37.2 Å². The number of fused-ring (bicyclic) bond motifs is 1. The van der Waals surface area contributed by atoms with E-state index in [1.165, 1.54) is 4.91 Å². The smallest absolute Gasteiger partial charge is 0.145 e. The summed E-state index contributed by atoms with van der Waals surface area (Å²) in [6, 6.07) is 2.03. The van der Waals surface area contributed by atoms with Crippen molar-refractivity contribution in [2.45, 2.75) is 6.54 Å². The molecule has 0 saturated carbocycles. The van der Waals surface area contributed by atoms with Gasteiger partial charge < -0.3 is 14.6 Å². The van der Waals surface area contributed by atoms with Crippen molar-refractivity contribution in [2.24, 2.45) is 0 Å². The summed E-state index contributed by atoms with van der Waals surface area (Å²) in [5.41, 5.74) is 2.03. The quantitative estimate of drug-likeness (QED) is 0.706. The fourth-order valence-electron chi connectivity index (χ4n) is 3.59. The summed E-state index contributed by atoms with van der Waals surface area (Å²) in [5, 5.41) is 5.62. The van der Waals surface area contributed by atoms with E-state index in [0.717, 1.165) is 74.1 Å². The lowest BCUT2D eigenvalue weighted by Crippen LogP contribution is -2.38. The van der Waals surface area contributed by atoms with Crippen LogP contribution >= 0.6 is 11.8 Å². The first-order valence-electron chi connectivity index (χ1n) is 9.59. The summed E-state index contributed by atoms with van der Waals surface area (Å²) >= 11 is 1.87. The third-order valence-electron chi connectivity index (χ3n) is 5.13. The SMILES string of the molecule is C1=C(c2cnn(CCN3CCOCC3)c2)SCCN1c1ncnc2[nH]ccc12. The summed E-state index contributed by atoms with van der Waals surface area (Å²) in [4.78, 5) is 17.8. The molecular weight excluding hydrogens is 374 g/mol. The van der Waals surface area contributed by atoms with Crippen molar-refractivity contribution in [2.75, 3.05) is 50.0 Å². The van der Waals surface area contributed by atoms with Gasteiger partial charge in [0.25, 0.3) is 0 Å². The summed E-state index contributed by atoms with van der Waals surface area (Å²) in [6.07, 6.45) is 9.83. The summed E-state index contributed by atoms with van der Waals surface area (Å²) in [6.45, 7) is 6.53. The molecule has 8 nitrogen and oxygen atoms in total. The molecule has 2 aliphatic heterocycles. The molecule has 2 aliphatic rings. The summed E-state index contributed by atoms with van der Waals surface area (Å²) < 4.78 is 7.46. The van der Waals surface area contributed by atoms with E-state index in [0.29, 0.717) is 0 Å². The standard InChI is InChI=1S/C19H23N7OS/c1-2-20-18-16(1)19(22-14-21-18)25-7-10-28-17(13-25)15-11-23-26(12-15)4-3-24-5-8-27-9-6-24/h1-2,11-14H,3-10H2,(H,20,21,22). The predicted molar refractivity (Wildman–Crippen MR) is 111 cm³/mol. The summed E-state index contributed by atoms with van der Waals surface area (Å²) in [7, 11) is 0. The number of ether oxygens (including phenoxy) is 1. The second-order valence-electron chi connectivity index (χ2n) is 6.92. The Balaban J connectivity index is 1.32. The highest BCUT2D eigenvalue weighted by molar-refractivity contribution is 8.08. The summed E-state index contributed by atoms with van der Waals surface area (Å²) in [5.74, 6) is 1.96. The van der Waals surface area contributed by atoms with Crippen molar-refractivity contribution in [1.29, 1.82) is 0 Å². The van der Waals surface area contributed by atoms with Crippen LogP contribution in [0.4, 0.5) is 5.82 Å². The van der Waals surface area contributed by atoms with Crippen molar-refractivity contribution >= 4 is 33.5 Å². The first-order chi connectivity index (χ1) is 13.9. The number of hydrogen-bond donors (Lipinski definition) is 1. The van der Waals surface area contributed by atoms with E-state index in [4.69, 9.17) is 4.74 Å². The van der Waals surface area contributed by atoms with Crippen LogP contribution in [-0.2, 0) is 11.3 Å². The molecule has 28 heavy (non-hydrogen) atoms. The van der Waals surface area contributed by atoms with Crippen molar-refractivity contribution < 1.29 is 4.74 Å². The molecule has 5 heterocycles. The normalized spacial score (nSPS) is 18.6. The Morgan fingerprint density at radius 3 is 3.00 bits per heavy atom. The van der Waals surface area contributed by atoms with E-state index in [-0.39, 0.29) is 0 Å². The molecule has 3 aromatic rings. The van der Waals surface area contributed by atoms with Crippen molar-refractivity contribution in [3.63, 3.8) is 0 Å². The molecule has 0 spiro atoms. The fourth-order valence-corrected chi connectivity index (χ4v) is 4.57. The van der Waals surface area contributed by atoms with Gasteiger partial charge in [0.15, 0.2) is 0 Å². The van der Waals surface area contributed by atoms with Crippen LogP contribution in [0.25, 0.3) is 15.9 Å². The van der Waals surface area contributed by atoms with Crippen LogP contribution in [0, 0.1) is 0 Å². The highest BCUT2D eigenvalue weighted by atomic mass is 32.2.